The van der Waals surface area contributed by atoms with Crippen molar-refractivity contribution in [2.45, 2.75) is 78.1 Å². The molecule has 0 spiro atoms. The van der Waals surface area contributed by atoms with Crippen molar-refractivity contribution in [2.24, 2.45) is 5.92 Å². The maximum Gasteiger partial charge on any atom is 0.327 e. The smallest absolute Gasteiger partial charge is 0.327 e. The molecule has 0 fully saturated rings. The van der Waals surface area contributed by atoms with Crippen LogP contribution in [0.25, 0.3) is 0 Å². The molecule has 3 nitrogen and oxygen atoms in total. The summed E-state index contributed by atoms with van der Waals surface area (Å²) in [6, 6.07) is 1.96. The van der Waals surface area contributed by atoms with E-state index in [0.29, 0.717) is 6.61 Å². The third-order valence-electron chi connectivity index (χ3n) is 3.48. The minimum atomic E-state index is -0.747. The number of hydrogen-bond acceptors (Lipinski definition) is 3. The van der Waals surface area contributed by atoms with Crippen LogP contribution in [0.15, 0.2) is 12.2 Å². The Balaban J connectivity index is 3.50. The Morgan fingerprint density at radius 1 is 1.05 bits per heavy atom. The molecule has 3 heteroatoms. The summed E-state index contributed by atoms with van der Waals surface area (Å²) in [6.07, 6.45) is 16.3. The van der Waals surface area contributed by atoms with Gasteiger partial charge in [-0.15, -0.1) is 0 Å². The van der Waals surface area contributed by atoms with Crippen molar-refractivity contribution in [3.8, 4) is 6.07 Å². The van der Waals surface area contributed by atoms with Gasteiger partial charge < -0.3 is 4.74 Å². The van der Waals surface area contributed by atoms with Gasteiger partial charge in [-0.05, 0) is 19.8 Å². The maximum absolute atomic E-state index is 11.4. The first kappa shape index (κ1) is 19.7. The molecule has 0 aliphatic heterocycles. The van der Waals surface area contributed by atoms with Crippen molar-refractivity contribution < 1.29 is 9.53 Å². The van der Waals surface area contributed by atoms with Crippen LogP contribution in [0.4, 0.5) is 0 Å². The molecule has 0 amide bonds. The Kier molecular flexibility index (Phi) is 14.2. The first-order valence-electron chi connectivity index (χ1n) is 8.49. The van der Waals surface area contributed by atoms with E-state index in [4.69, 9.17) is 10.00 Å². The van der Waals surface area contributed by atoms with Crippen molar-refractivity contribution in [3.05, 3.63) is 12.2 Å². The second-order valence-electron chi connectivity index (χ2n) is 5.40. The molecule has 1 atom stereocenters. The Morgan fingerprint density at radius 3 is 2.14 bits per heavy atom. The van der Waals surface area contributed by atoms with Gasteiger partial charge in [0.2, 0.25) is 0 Å². The van der Waals surface area contributed by atoms with Gasteiger partial charge >= 0.3 is 5.97 Å². The van der Waals surface area contributed by atoms with Crippen LogP contribution in [0, 0.1) is 17.2 Å². The van der Waals surface area contributed by atoms with Crippen LogP contribution >= 0.6 is 0 Å². The molecule has 0 heterocycles. The fourth-order valence-corrected chi connectivity index (χ4v) is 2.21. The van der Waals surface area contributed by atoms with Gasteiger partial charge in [-0.2, -0.15) is 5.26 Å². The van der Waals surface area contributed by atoms with Crippen molar-refractivity contribution in [1.82, 2.24) is 0 Å². The highest BCUT2D eigenvalue weighted by atomic mass is 16.5. The topological polar surface area (TPSA) is 50.1 Å². The lowest BCUT2D eigenvalue weighted by molar-refractivity contribution is -0.144. The van der Waals surface area contributed by atoms with Gasteiger partial charge in [0.15, 0.2) is 5.92 Å². The molecule has 0 aromatic heterocycles. The van der Waals surface area contributed by atoms with Crippen LogP contribution in [-0.2, 0) is 9.53 Å². The number of carbonyl (C=O) groups is 1. The predicted octanol–water partition coefficient (Wildman–Crippen LogP) is 5.17. The van der Waals surface area contributed by atoms with Gasteiger partial charge in [0.1, 0.15) is 0 Å². The van der Waals surface area contributed by atoms with Crippen molar-refractivity contribution in [1.29, 1.82) is 5.26 Å². The molecule has 1 unspecified atom stereocenters. The average molecular weight is 293 g/mol. The molecule has 120 valence electrons. The van der Waals surface area contributed by atoms with Gasteiger partial charge in [-0.25, -0.2) is 0 Å². The normalized spacial score (nSPS) is 12.2. The second-order valence-corrected chi connectivity index (χ2v) is 5.40. The number of nitriles is 1. The van der Waals surface area contributed by atoms with E-state index in [1.807, 2.05) is 12.1 Å². The molecule has 0 aromatic rings. The van der Waals surface area contributed by atoms with Crippen LogP contribution in [-0.4, -0.2) is 12.6 Å². The summed E-state index contributed by atoms with van der Waals surface area (Å²) in [6.45, 7) is 4.31. The van der Waals surface area contributed by atoms with Gasteiger partial charge in [-0.3, -0.25) is 4.79 Å². The minimum Gasteiger partial charge on any atom is -0.465 e. The summed E-state index contributed by atoms with van der Waals surface area (Å²) in [4.78, 5) is 11.4. The summed E-state index contributed by atoms with van der Waals surface area (Å²) in [5.41, 5.74) is 0. The molecule has 0 bridgehead atoms. The van der Waals surface area contributed by atoms with Crippen LogP contribution in [0.3, 0.4) is 0 Å². The third-order valence-corrected chi connectivity index (χ3v) is 3.48. The van der Waals surface area contributed by atoms with Crippen LogP contribution < -0.4 is 0 Å². The van der Waals surface area contributed by atoms with Crippen LogP contribution in [0.5, 0.6) is 0 Å². The lowest BCUT2D eigenvalue weighted by Gasteiger charge is -2.03. The van der Waals surface area contributed by atoms with E-state index in [1.54, 1.807) is 13.0 Å². The molecule has 0 aliphatic carbocycles. The molecule has 0 saturated heterocycles. The summed E-state index contributed by atoms with van der Waals surface area (Å²) in [5.74, 6) is -1.19. The largest absolute Gasteiger partial charge is 0.465 e. The zero-order chi connectivity index (χ0) is 15.8. The highest BCUT2D eigenvalue weighted by Crippen LogP contribution is 2.11. The molecule has 0 N–H and O–H groups in total. The zero-order valence-corrected chi connectivity index (χ0v) is 13.8. The summed E-state index contributed by atoms with van der Waals surface area (Å²) < 4.78 is 4.83. The quantitative estimate of drug-likeness (QED) is 0.267. The molecule has 0 saturated carbocycles. The van der Waals surface area contributed by atoms with E-state index in [0.717, 1.165) is 12.8 Å². The van der Waals surface area contributed by atoms with Crippen molar-refractivity contribution >= 4 is 5.97 Å². The van der Waals surface area contributed by atoms with Gasteiger partial charge in [0.25, 0.3) is 0 Å². The van der Waals surface area contributed by atoms with E-state index in [1.165, 1.54) is 51.4 Å². The van der Waals surface area contributed by atoms with E-state index < -0.39 is 11.9 Å². The highest BCUT2D eigenvalue weighted by molar-refractivity contribution is 5.77. The van der Waals surface area contributed by atoms with Gasteiger partial charge in [0.05, 0.1) is 12.7 Å². The number of rotatable bonds is 13. The monoisotopic (exact) mass is 293 g/mol. The first-order chi connectivity index (χ1) is 10.3. The average Bonchev–Trinajstić information content (AvgIpc) is 2.48. The number of allylic oxidation sites excluding steroid dienone is 1. The second kappa shape index (κ2) is 15.1. The standard InChI is InChI=1S/C18H31NO2/c1-3-5-6-7-8-9-10-11-12-13-14-15-17(16-19)18(20)21-4-2/h14-15,17H,3-13H2,1-2H3. The Labute approximate surface area is 130 Å². The number of esters is 1. The molecular formula is C18H31NO2. The van der Waals surface area contributed by atoms with Crippen LogP contribution in [0.2, 0.25) is 0 Å². The molecule has 0 aromatic carbocycles. The summed E-state index contributed by atoms with van der Waals surface area (Å²) in [7, 11) is 0. The minimum absolute atomic E-state index is 0.323. The van der Waals surface area contributed by atoms with E-state index in [2.05, 4.69) is 6.92 Å². The lowest BCUT2D eigenvalue weighted by Crippen LogP contribution is -2.13. The molecular weight excluding hydrogens is 262 g/mol. The van der Waals surface area contributed by atoms with Crippen molar-refractivity contribution in [3.63, 3.8) is 0 Å². The maximum atomic E-state index is 11.4. The van der Waals surface area contributed by atoms with Gasteiger partial charge in [0, 0.05) is 0 Å². The number of carbonyl (C=O) groups excluding carboxylic acids is 1. The molecule has 0 rings (SSSR count). The zero-order valence-electron chi connectivity index (χ0n) is 13.8. The predicted molar refractivity (Wildman–Crippen MR) is 86.7 cm³/mol. The Bertz CT molecular complexity index is 318. The lowest BCUT2D eigenvalue weighted by atomic mass is 10.1. The first-order valence-corrected chi connectivity index (χ1v) is 8.49. The van der Waals surface area contributed by atoms with Crippen molar-refractivity contribution in [2.75, 3.05) is 6.61 Å². The fraction of sp³-hybridized carbons (Fsp3) is 0.778. The van der Waals surface area contributed by atoms with Gasteiger partial charge in [-0.1, -0.05) is 70.4 Å². The molecule has 0 aliphatic rings. The number of nitrogens with zero attached hydrogens (tertiary/aromatic N) is 1. The SMILES string of the molecule is CCCCCCCCCCCC=CC(C#N)C(=O)OCC. The van der Waals surface area contributed by atoms with E-state index in [-0.39, 0.29) is 0 Å². The summed E-state index contributed by atoms with van der Waals surface area (Å²) in [5, 5.41) is 8.88. The molecule has 0 radical (unpaired) electrons. The fourth-order valence-electron chi connectivity index (χ4n) is 2.21. The highest BCUT2D eigenvalue weighted by Gasteiger charge is 2.14. The number of unbranched alkanes of at least 4 members (excludes halogenated alkanes) is 9. The summed E-state index contributed by atoms with van der Waals surface area (Å²) >= 11 is 0. The van der Waals surface area contributed by atoms with Crippen LogP contribution in [0.1, 0.15) is 78.1 Å². The van der Waals surface area contributed by atoms with E-state index in [9.17, 15) is 4.79 Å². The number of ether oxygens (including phenoxy) is 1. The Morgan fingerprint density at radius 2 is 1.62 bits per heavy atom. The van der Waals surface area contributed by atoms with E-state index >= 15 is 0 Å². The number of hydrogen-bond donors (Lipinski definition) is 0. The molecule has 21 heavy (non-hydrogen) atoms. The Hall–Kier alpha value is -1.30. The third kappa shape index (κ3) is 12.2.